The highest BCUT2D eigenvalue weighted by molar-refractivity contribution is 7.91. The van der Waals surface area contributed by atoms with Gasteiger partial charge in [0.25, 0.3) is 0 Å². The first kappa shape index (κ1) is 10.9. The molecule has 12 heavy (non-hydrogen) atoms. The molecule has 0 spiro atoms. The smallest absolute Gasteiger partial charge is 0.198 e. The molecule has 1 aliphatic rings. The quantitative estimate of drug-likeness (QED) is 0.631. The van der Waals surface area contributed by atoms with E-state index in [4.69, 9.17) is 9.03 Å². The van der Waals surface area contributed by atoms with E-state index < -0.39 is 22.0 Å². The minimum absolute atomic E-state index is 1.20. The third-order valence-corrected chi connectivity index (χ3v) is 12.4. The monoisotopic (exact) mass is 226 g/mol. The number of nitrogens with zero attached hydrogens (tertiary/aromatic N) is 2. The lowest BCUT2D eigenvalue weighted by Gasteiger charge is -2.29. The standard InChI is InChI=1S/C6H19N3P3/c1-10(2)7-11(3,4)9-12(5,6)8-10/h7H,1-6H3/q+1. The zero-order chi connectivity index (χ0) is 9.62. The SMILES string of the molecule is CP1(C)=N[P+](C)(C)NP(C)(C)=N1. The average Bonchev–Trinajstić information content (AvgIpc) is 1.44. The zero-order valence-corrected chi connectivity index (χ0v) is 11.4. The van der Waals surface area contributed by atoms with Gasteiger partial charge in [0.05, 0.1) is 20.5 Å². The van der Waals surface area contributed by atoms with Crippen LogP contribution in [0, 0.1) is 0 Å². The second-order valence-electron chi connectivity index (χ2n) is 4.40. The summed E-state index contributed by atoms with van der Waals surface area (Å²) in [6.07, 6.45) is 0. The van der Waals surface area contributed by atoms with Crippen molar-refractivity contribution in [3.8, 4) is 0 Å². The van der Waals surface area contributed by atoms with E-state index in [1.165, 1.54) is 0 Å². The Morgan fingerprint density at radius 1 is 1.08 bits per heavy atom. The van der Waals surface area contributed by atoms with Gasteiger partial charge in [-0.15, -0.1) is 9.37 Å². The van der Waals surface area contributed by atoms with Gasteiger partial charge in [-0.1, -0.05) is 0 Å². The Balaban J connectivity index is 3.22. The van der Waals surface area contributed by atoms with Crippen LogP contribution in [0.1, 0.15) is 0 Å². The molecule has 6 heteroatoms. The van der Waals surface area contributed by atoms with Crippen molar-refractivity contribution in [3.63, 3.8) is 0 Å². The predicted molar refractivity (Wildman–Crippen MR) is 64.3 cm³/mol. The van der Waals surface area contributed by atoms with Crippen molar-refractivity contribution >= 4 is 22.0 Å². The van der Waals surface area contributed by atoms with E-state index in [-0.39, 0.29) is 0 Å². The lowest BCUT2D eigenvalue weighted by atomic mass is 11.9. The van der Waals surface area contributed by atoms with Crippen molar-refractivity contribution in [1.82, 2.24) is 4.86 Å². The fourth-order valence-electron chi connectivity index (χ4n) is 1.75. The zero-order valence-electron chi connectivity index (χ0n) is 8.74. The lowest BCUT2D eigenvalue weighted by molar-refractivity contribution is 1.45. The van der Waals surface area contributed by atoms with Crippen molar-refractivity contribution in [2.24, 2.45) is 9.03 Å². The average molecular weight is 226 g/mol. The molecule has 0 bridgehead atoms. The van der Waals surface area contributed by atoms with Gasteiger partial charge in [-0.3, -0.25) is 0 Å². The molecule has 0 fully saturated rings. The van der Waals surface area contributed by atoms with E-state index in [9.17, 15) is 0 Å². The van der Waals surface area contributed by atoms with Crippen LogP contribution in [0.25, 0.3) is 0 Å². The van der Waals surface area contributed by atoms with Gasteiger partial charge in [0.2, 0.25) is 0 Å². The first-order valence-corrected chi connectivity index (χ1v) is 11.8. The maximum absolute atomic E-state index is 4.81. The Kier molecular flexibility index (Phi) is 2.66. The van der Waals surface area contributed by atoms with Crippen LogP contribution in [0.3, 0.4) is 0 Å². The highest BCUT2D eigenvalue weighted by Crippen LogP contribution is 2.72. The van der Waals surface area contributed by atoms with Gasteiger partial charge in [-0.25, -0.2) is 4.52 Å². The van der Waals surface area contributed by atoms with E-state index in [0.717, 1.165) is 0 Å². The fraction of sp³-hybridized carbons (Fsp3) is 1.00. The highest BCUT2D eigenvalue weighted by atomic mass is 31.3. The van der Waals surface area contributed by atoms with Crippen molar-refractivity contribution < 1.29 is 0 Å². The molecule has 0 saturated carbocycles. The molecule has 0 aromatic rings. The van der Waals surface area contributed by atoms with Crippen molar-refractivity contribution in [2.75, 3.05) is 40.0 Å². The van der Waals surface area contributed by atoms with E-state index in [2.05, 4.69) is 44.8 Å². The first-order chi connectivity index (χ1) is 5.12. The molecular weight excluding hydrogens is 207 g/mol. The second kappa shape index (κ2) is 2.92. The van der Waals surface area contributed by atoms with Gasteiger partial charge in [0.15, 0.2) is 7.56 Å². The molecule has 1 N–H and O–H groups in total. The van der Waals surface area contributed by atoms with Gasteiger partial charge >= 0.3 is 0 Å². The maximum atomic E-state index is 4.81. The summed E-state index contributed by atoms with van der Waals surface area (Å²) in [4.78, 5) is 3.60. The summed E-state index contributed by atoms with van der Waals surface area (Å²) < 4.78 is 9.63. The molecule has 0 unspecified atom stereocenters. The Morgan fingerprint density at radius 2 is 1.58 bits per heavy atom. The summed E-state index contributed by atoms with van der Waals surface area (Å²) in [6.45, 7) is 13.4. The molecular formula is C6H19N3P3+. The molecule has 0 amide bonds. The molecule has 72 valence electrons. The van der Waals surface area contributed by atoms with Crippen molar-refractivity contribution in [2.45, 2.75) is 0 Å². The molecule has 1 aliphatic heterocycles. The molecule has 0 aromatic heterocycles. The van der Waals surface area contributed by atoms with Crippen LogP contribution >= 0.6 is 22.0 Å². The fourth-order valence-corrected chi connectivity index (χ4v) is 16.8. The number of nitrogens with one attached hydrogen (secondary N) is 1. The Morgan fingerprint density at radius 3 is 1.92 bits per heavy atom. The summed E-state index contributed by atoms with van der Waals surface area (Å²) in [6, 6.07) is 0. The van der Waals surface area contributed by atoms with Crippen LogP contribution in [0.15, 0.2) is 9.03 Å². The normalized spacial score (nSPS) is 30.2. The highest BCUT2D eigenvalue weighted by Gasteiger charge is 2.35. The van der Waals surface area contributed by atoms with Crippen LogP contribution in [-0.4, -0.2) is 40.0 Å². The van der Waals surface area contributed by atoms with Crippen molar-refractivity contribution in [1.29, 1.82) is 0 Å². The topological polar surface area (TPSA) is 36.8 Å². The molecule has 1 heterocycles. The number of hydrogen-bond acceptors (Lipinski definition) is 3. The summed E-state index contributed by atoms with van der Waals surface area (Å²) in [5.74, 6) is 0. The Labute approximate surface area is 76.4 Å². The number of rotatable bonds is 0. The van der Waals surface area contributed by atoms with Crippen LogP contribution < -0.4 is 4.86 Å². The summed E-state index contributed by atoms with van der Waals surface area (Å²) in [7, 11) is -3.69. The van der Waals surface area contributed by atoms with Crippen LogP contribution in [-0.2, 0) is 0 Å². The molecule has 1 rings (SSSR count). The van der Waals surface area contributed by atoms with Crippen LogP contribution in [0.2, 0.25) is 0 Å². The molecule has 0 atom stereocenters. The maximum Gasteiger partial charge on any atom is 0.198 e. The summed E-state index contributed by atoms with van der Waals surface area (Å²) in [5.41, 5.74) is 0. The Hall–Kier alpha value is 0.850. The lowest BCUT2D eigenvalue weighted by Crippen LogP contribution is -2.10. The molecule has 0 radical (unpaired) electrons. The van der Waals surface area contributed by atoms with Crippen molar-refractivity contribution in [3.05, 3.63) is 0 Å². The third-order valence-electron chi connectivity index (χ3n) is 1.37. The minimum atomic E-state index is -1.29. The number of hydrogen-bond donors (Lipinski definition) is 1. The minimum Gasteiger partial charge on any atom is -0.242 e. The molecule has 3 nitrogen and oxygen atoms in total. The van der Waals surface area contributed by atoms with E-state index in [1.54, 1.807) is 0 Å². The van der Waals surface area contributed by atoms with Gasteiger partial charge in [-0.05, 0) is 26.7 Å². The van der Waals surface area contributed by atoms with Gasteiger partial charge in [-0.2, -0.15) is 0 Å². The van der Waals surface area contributed by atoms with E-state index in [1.807, 2.05) is 0 Å². The van der Waals surface area contributed by atoms with E-state index in [0.29, 0.717) is 0 Å². The largest absolute Gasteiger partial charge is 0.242 e. The summed E-state index contributed by atoms with van der Waals surface area (Å²) in [5, 5.41) is 0. The van der Waals surface area contributed by atoms with Gasteiger partial charge in [0.1, 0.15) is 7.21 Å². The second-order valence-corrected chi connectivity index (χ2v) is 14.9. The van der Waals surface area contributed by atoms with Gasteiger partial charge < -0.3 is 0 Å². The van der Waals surface area contributed by atoms with E-state index >= 15 is 0 Å². The van der Waals surface area contributed by atoms with Crippen LogP contribution in [0.4, 0.5) is 0 Å². The van der Waals surface area contributed by atoms with Gasteiger partial charge in [0, 0.05) is 0 Å². The van der Waals surface area contributed by atoms with Crippen LogP contribution in [0.5, 0.6) is 0 Å². The molecule has 0 aliphatic carbocycles. The Bertz CT molecular complexity index is 293. The third kappa shape index (κ3) is 2.96. The molecule has 0 aromatic carbocycles. The predicted octanol–water partition coefficient (Wildman–Crippen LogP) is 3.45. The molecule has 0 saturated heterocycles. The summed E-state index contributed by atoms with van der Waals surface area (Å²) >= 11 is 0. The first-order valence-electron chi connectivity index (χ1n) is 3.93.